The Labute approximate surface area is 123 Å². The molecule has 1 unspecified atom stereocenters. The minimum Gasteiger partial charge on any atom is -0.207 e. The van der Waals surface area contributed by atoms with Crippen LogP contribution in [0.4, 0.5) is 4.39 Å². The summed E-state index contributed by atoms with van der Waals surface area (Å²) in [6.07, 6.45) is 0.837. The Morgan fingerprint density at radius 1 is 1.17 bits per heavy atom. The molecule has 2 aromatic carbocycles. The summed E-state index contributed by atoms with van der Waals surface area (Å²) in [7, 11) is 0. The van der Waals surface area contributed by atoms with E-state index in [4.69, 9.17) is 0 Å². The van der Waals surface area contributed by atoms with Gasteiger partial charge < -0.3 is 0 Å². The van der Waals surface area contributed by atoms with Crippen molar-refractivity contribution >= 4 is 31.9 Å². The third-order valence-corrected chi connectivity index (χ3v) is 4.19. The summed E-state index contributed by atoms with van der Waals surface area (Å²) < 4.78 is 14.3. The Hall–Kier alpha value is -0.670. The Kier molecular flexibility index (Phi) is 4.57. The van der Waals surface area contributed by atoms with Gasteiger partial charge >= 0.3 is 0 Å². The second-order valence-corrected chi connectivity index (χ2v) is 6.32. The predicted molar refractivity (Wildman–Crippen MR) is 80.7 cm³/mol. The molecule has 0 heterocycles. The lowest BCUT2D eigenvalue weighted by Crippen LogP contribution is -1.99. The SMILES string of the molecule is Cc1ccc(F)cc1C(Br)Cc1cccc(Br)c1. The zero-order chi connectivity index (χ0) is 13.1. The van der Waals surface area contributed by atoms with Crippen LogP contribution in [0.3, 0.4) is 0 Å². The van der Waals surface area contributed by atoms with Crippen molar-refractivity contribution in [2.75, 3.05) is 0 Å². The largest absolute Gasteiger partial charge is 0.207 e. The maximum Gasteiger partial charge on any atom is 0.123 e. The van der Waals surface area contributed by atoms with Crippen molar-refractivity contribution in [1.82, 2.24) is 0 Å². The van der Waals surface area contributed by atoms with Gasteiger partial charge in [0.1, 0.15) is 5.82 Å². The summed E-state index contributed by atoms with van der Waals surface area (Å²) in [6, 6.07) is 13.1. The van der Waals surface area contributed by atoms with Crippen molar-refractivity contribution in [3.05, 3.63) is 69.4 Å². The molecule has 0 saturated carbocycles. The topological polar surface area (TPSA) is 0 Å². The molecule has 1 atom stereocenters. The maximum atomic E-state index is 13.3. The van der Waals surface area contributed by atoms with E-state index in [0.717, 1.165) is 22.0 Å². The Bertz CT molecular complexity index is 552. The standard InChI is InChI=1S/C15H13Br2F/c1-10-5-6-13(18)9-14(10)15(17)8-11-3-2-4-12(16)7-11/h2-7,9,15H,8H2,1H3. The van der Waals surface area contributed by atoms with Gasteiger partial charge in [0.25, 0.3) is 0 Å². The Morgan fingerprint density at radius 2 is 1.94 bits per heavy atom. The monoisotopic (exact) mass is 370 g/mol. The number of hydrogen-bond acceptors (Lipinski definition) is 0. The molecule has 0 fully saturated rings. The highest BCUT2D eigenvalue weighted by Crippen LogP contribution is 2.30. The summed E-state index contributed by atoms with van der Waals surface area (Å²) in [6.45, 7) is 2.00. The van der Waals surface area contributed by atoms with Gasteiger partial charge in [-0.2, -0.15) is 0 Å². The molecule has 94 valence electrons. The van der Waals surface area contributed by atoms with Gasteiger partial charge in [0, 0.05) is 9.30 Å². The lowest BCUT2D eigenvalue weighted by Gasteiger charge is -2.13. The van der Waals surface area contributed by atoms with Gasteiger partial charge in [0.15, 0.2) is 0 Å². The molecular weight excluding hydrogens is 359 g/mol. The van der Waals surface area contributed by atoms with Crippen LogP contribution >= 0.6 is 31.9 Å². The number of alkyl halides is 1. The molecule has 18 heavy (non-hydrogen) atoms. The highest BCUT2D eigenvalue weighted by Gasteiger charge is 2.12. The number of aryl methyl sites for hydroxylation is 1. The van der Waals surface area contributed by atoms with Gasteiger partial charge in [-0.05, 0) is 54.3 Å². The van der Waals surface area contributed by atoms with Crippen LogP contribution in [0, 0.1) is 12.7 Å². The van der Waals surface area contributed by atoms with E-state index in [1.165, 1.54) is 11.6 Å². The molecule has 0 aliphatic rings. The molecular formula is C15H13Br2F. The Balaban J connectivity index is 2.21. The summed E-state index contributed by atoms with van der Waals surface area (Å²) >= 11 is 7.11. The van der Waals surface area contributed by atoms with E-state index in [2.05, 4.69) is 44.0 Å². The van der Waals surface area contributed by atoms with Crippen LogP contribution in [-0.2, 0) is 6.42 Å². The van der Waals surface area contributed by atoms with Gasteiger partial charge in [0.05, 0.1) is 0 Å². The molecule has 3 heteroatoms. The smallest absolute Gasteiger partial charge is 0.123 e. The van der Waals surface area contributed by atoms with Crippen LogP contribution in [0.25, 0.3) is 0 Å². The number of rotatable bonds is 3. The fourth-order valence-electron chi connectivity index (χ4n) is 1.93. The van der Waals surface area contributed by atoms with E-state index in [1.54, 1.807) is 6.07 Å². The highest BCUT2D eigenvalue weighted by molar-refractivity contribution is 9.10. The van der Waals surface area contributed by atoms with Crippen LogP contribution in [0.2, 0.25) is 0 Å². The second-order valence-electron chi connectivity index (χ2n) is 4.30. The molecule has 0 spiro atoms. The number of benzene rings is 2. The lowest BCUT2D eigenvalue weighted by atomic mass is 10.0. The van der Waals surface area contributed by atoms with Gasteiger partial charge in [-0.25, -0.2) is 4.39 Å². The van der Waals surface area contributed by atoms with Crippen LogP contribution in [0.1, 0.15) is 21.5 Å². The third-order valence-electron chi connectivity index (χ3n) is 2.88. The number of hydrogen-bond donors (Lipinski definition) is 0. The maximum absolute atomic E-state index is 13.3. The summed E-state index contributed by atoms with van der Waals surface area (Å²) in [5, 5.41) is 0. The quantitative estimate of drug-likeness (QED) is 0.618. The molecule has 2 rings (SSSR count). The average Bonchev–Trinajstić information content (AvgIpc) is 2.32. The number of halogens is 3. The summed E-state index contributed by atoms with van der Waals surface area (Å²) in [5.74, 6) is -0.186. The van der Waals surface area contributed by atoms with Crippen LogP contribution < -0.4 is 0 Å². The first kappa shape index (κ1) is 13.8. The van der Waals surface area contributed by atoms with Crippen molar-refractivity contribution < 1.29 is 4.39 Å². The van der Waals surface area contributed by atoms with Crippen molar-refractivity contribution in [1.29, 1.82) is 0 Å². The van der Waals surface area contributed by atoms with Crippen LogP contribution in [0.15, 0.2) is 46.9 Å². The lowest BCUT2D eigenvalue weighted by molar-refractivity contribution is 0.624. The fraction of sp³-hybridized carbons (Fsp3) is 0.200. The minimum atomic E-state index is -0.186. The van der Waals surface area contributed by atoms with Crippen LogP contribution in [-0.4, -0.2) is 0 Å². The predicted octanol–water partition coefficient (Wildman–Crippen LogP) is 5.58. The van der Waals surface area contributed by atoms with Crippen molar-refractivity contribution in [3.63, 3.8) is 0 Å². The average molecular weight is 372 g/mol. The summed E-state index contributed by atoms with van der Waals surface area (Å²) in [5.41, 5.74) is 3.33. The molecule has 0 nitrogen and oxygen atoms in total. The molecule has 0 radical (unpaired) electrons. The molecule has 0 aliphatic carbocycles. The first-order valence-electron chi connectivity index (χ1n) is 5.71. The second kappa shape index (κ2) is 5.98. The van der Waals surface area contributed by atoms with Crippen LogP contribution in [0.5, 0.6) is 0 Å². The van der Waals surface area contributed by atoms with Crippen molar-refractivity contribution in [3.8, 4) is 0 Å². The van der Waals surface area contributed by atoms with E-state index in [1.807, 2.05) is 25.1 Å². The normalized spacial score (nSPS) is 12.4. The van der Waals surface area contributed by atoms with Gasteiger partial charge in [0.2, 0.25) is 0 Å². The molecule has 0 saturated heterocycles. The molecule has 0 aromatic heterocycles. The third kappa shape index (κ3) is 3.42. The first-order valence-corrected chi connectivity index (χ1v) is 7.41. The molecule has 0 amide bonds. The molecule has 2 aromatic rings. The van der Waals surface area contributed by atoms with E-state index >= 15 is 0 Å². The van der Waals surface area contributed by atoms with E-state index < -0.39 is 0 Å². The molecule has 0 N–H and O–H groups in total. The first-order chi connectivity index (χ1) is 8.56. The van der Waals surface area contributed by atoms with Gasteiger partial charge in [-0.1, -0.05) is 50.1 Å². The highest BCUT2D eigenvalue weighted by atomic mass is 79.9. The minimum absolute atomic E-state index is 0.127. The van der Waals surface area contributed by atoms with Crippen molar-refractivity contribution in [2.45, 2.75) is 18.2 Å². The molecule has 0 aliphatic heterocycles. The van der Waals surface area contributed by atoms with Gasteiger partial charge in [-0.3, -0.25) is 0 Å². The Morgan fingerprint density at radius 3 is 2.67 bits per heavy atom. The van der Waals surface area contributed by atoms with E-state index in [9.17, 15) is 4.39 Å². The van der Waals surface area contributed by atoms with Crippen molar-refractivity contribution in [2.24, 2.45) is 0 Å². The zero-order valence-corrected chi connectivity index (χ0v) is 13.1. The van der Waals surface area contributed by atoms with Gasteiger partial charge in [-0.15, -0.1) is 0 Å². The fourth-order valence-corrected chi connectivity index (χ4v) is 3.24. The summed E-state index contributed by atoms with van der Waals surface area (Å²) in [4.78, 5) is 0.127. The van der Waals surface area contributed by atoms with E-state index in [-0.39, 0.29) is 10.6 Å². The molecule has 0 bridgehead atoms. The zero-order valence-electron chi connectivity index (χ0n) is 9.96. The van der Waals surface area contributed by atoms with E-state index in [0.29, 0.717) is 0 Å².